The van der Waals surface area contributed by atoms with Crippen molar-refractivity contribution in [1.29, 1.82) is 0 Å². The largest absolute Gasteiger partial charge is 0.475 e. The highest BCUT2D eigenvalue weighted by Crippen LogP contribution is 2.27. The molecule has 10 heteroatoms. The fraction of sp³-hybridized carbons (Fsp3) is 0.500. The van der Waals surface area contributed by atoms with Gasteiger partial charge in [0.1, 0.15) is 5.83 Å². The van der Waals surface area contributed by atoms with Gasteiger partial charge in [0.25, 0.3) is 10.0 Å². The summed E-state index contributed by atoms with van der Waals surface area (Å²) in [6, 6.07) is 2.20. The number of aromatic carboxylic acids is 1. The summed E-state index contributed by atoms with van der Waals surface area (Å²) in [7, 11) is -3.95. The number of hydrogen-bond acceptors (Lipinski definition) is 5. The summed E-state index contributed by atoms with van der Waals surface area (Å²) < 4.78 is 44.5. The maximum absolute atomic E-state index is 13.4. The van der Waals surface area contributed by atoms with E-state index in [0.29, 0.717) is 25.8 Å². The van der Waals surface area contributed by atoms with E-state index < -0.39 is 26.8 Å². The minimum atomic E-state index is -3.95. The second kappa shape index (κ2) is 7.20. The number of carboxylic acid groups (broad SMARTS) is 1. The Labute approximate surface area is 149 Å². The quantitative estimate of drug-likeness (QED) is 0.839. The number of furan rings is 1. The van der Waals surface area contributed by atoms with Gasteiger partial charge in [0.15, 0.2) is 0 Å². The lowest BCUT2D eigenvalue weighted by molar-refractivity contribution is -0.136. The van der Waals surface area contributed by atoms with Crippen molar-refractivity contribution in [3.63, 3.8) is 0 Å². The van der Waals surface area contributed by atoms with Crippen molar-refractivity contribution < 1.29 is 31.9 Å². The van der Waals surface area contributed by atoms with Gasteiger partial charge in [-0.3, -0.25) is 4.79 Å². The number of sulfonamides is 1. The summed E-state index contributed by atoms with van der Waals surface area (Å²) in [4.78, 5) is 24.8. The molecule has 8 nitrogen and oxygen atoms in total. The van der Waals surface area contributed by atoms with Crippen LogP contribution in [0.3, 0.4) is 0 Å². The number of halogens is 1. The standard InChI is InChI=1S/C16H19FN2O6S/c17-12-2-1-7-18(10-12)15(20)11-5-8-19(9-6-11)26(23,24)14-4-3-13(25-14)16(21)22/h2-4,11H,1,5-10H2,(H,21,22). The summed E-state index contributed by atoms with van der Waals surface area (Å²) in [6.07, 6.45) is 2.60. The highest BCUT2D eigenvalue weighted by Gasteiger charge is 2.35. The number of hydrogen-bond donors (Lipinski definition) is 1. The van der Waals surface area contributed by atoms with E-state index in [-0.39, 0.29) is 37.3 Å². The summed E-state index contributed by atoms with van der Waals surface area (Å²) in [6.45, 7) is 0.679. The van der Waals surface area contributed by atoms with E-state index in [1.807, 2.05) is 0 Å². The number of carbonyl (C=O) groups excluding carboxylic acids is 1. The van der Waals surface area contributed by atoms with Crippen molar-refractivity contribution in [2.24, 2.45) is 5.92 Å². The lowest BCUT2D eigenvalue weighted by Crippen LogP contribution is -2.45. The number of carboxylic acids is 1. The molecule has 26 heavy (non-hydrogen) atoms. The molecule has 142 valence electrons. The normalized spacial score (nSPS) is 20.0. The molecule has 1 N–H and O–H groups in total. The van der Waals surface area contributed by atoms with Gasteiger partial charge in [-0.25, -0.2) is 17.6 Å². The SMILES string of the molecule is O=C(O)c1ccc(S(=O)(=O)N2CCC(C(=O)N3CCC=C(F)C3)CC2)o1. The first-order chi connectivity index (χ1) is 12.3. The molecule has 1 amide bonds. The van der Waals surface area contributed by atoms with E-state index in [0.717, 1.165) is 12.1 Å². The second-order valence-corrected chi connectivity index (χ2v) is 8.17. The predicted molar refractivity (Wildman–Crippen MR) is 87.5 cm³/mol. The Hall–Kier alpha value is -2.20. The van der Waals surface area contributed by atoms with Crippen LogP contribution >= 0.6 is 0 Å². The maximum Gasteiger partial charge on any atom is 0.371 e. The molecule has 0 spiro atoms. The van der Waals surface area contributed by atoms with Gasteiger partial charge in [-0.2, -0.15) is 4.31 Å². The van der Waals surface area contributed by atoms with Crippen LogP contribution in [0.25, 0.3) is 0 Å². The van der Waals surface area contributed by atoms with E-state index >= 15 is 0 Å². The number of nitrogens with zero attached hydrogens (tertiary/aromatic N) is 2. The zero-order chi connectivity index (χ0) is 18.9. The lowest BCUT2D eigenvalue weighted by Gasteiger charge is -2.33. The van der Waals surface area contributed by atoms with Crippen molar-refractivity contribution >= 4 is 21.9 Å². The summed E-state index contributed by atoms with van der Waals surface area (Å²) >= 11 is 0. The van der Waals surface area contributed by atoms with Gasteiger partial charge in [0.05, 0.1) is 6.54 Å². The van der Waals surface area contributed by atoms with Gasteiger partial charge < -0.3 is 14.4 Å². The Kier molecular flexibility index (Phi) is 5.15. The molecule has 3 rings (SSSR count). The Balaban J connectivity index is 1.63. The Morgan fingerprint density at radius 1 is 1.19 bits per heavy atom. The molecular weight excluding hydrogens is 367 g/mol. The minimum Gasteiger partial charge on any atom is -0.475 e. The molecule has 0 atom stereocenters. The fourth-order valence-electron chi connectivity index (χ4n) is 3.19. The van der Waals surface area contributed by atoms with Crippen LogP contribution < -0.4 is 0 Å². The van der Waals surface area contributed by atoms with Gasteiger partial charge in [0, 0.05) is 25.6 Å². The van der Waals surface area contributed by atoms with Crippen LogP contribution in [0.15, 0.2) is 33.5 Å². The molecule has 1 aromatic rings. The lowest BCUT2D eigenvalue weighted by atomic mass is 9.96. The predicted octanol–water partition coefficient (Wildman–Crippen LogP) is 1.46. The molecule has 0 saturated carbocycles. The first-order valence-electron chi connectivity index (χ1n) is 8.25. The Bertz CT molecular complexity index is 839. The molecule has 1 saturated heterocycles. The molecule has 3 heterocycles. The summed E-state index contributed by atoms with van der Waals surface area (Å²) in [5.74, 6) is -2.63. The van der Waals surface area contributed by atoms with Crippen LogP contribution in [0.4, 0.5) is 4.39 Å². The van der Waals surface area contributed by atoms with Gasteiger partial charge in [-0.05, 0) is 37.5 Å². The summed E-state index contributed by atoms with van der Waals surface area (Å²) in [5.41, 5.74) is 0. The minimum absolute atomic E-state index is 0.0261. The van der Waals surface area contributed by atoms with Gasteiger partial charge in [-0.1, -0.05) is 0 Å². The molecule has 0 aliphatic carbocycles. The van der Waals surface area contributed by atoms with Crippen LogP contribution in [0.2, 0.25) is 0 Å². The molecule has 0 aromatic carbocycles. The topological polar surface area (TPSA) is 108 Å². The molecule has 0 unspecified atom stereocenters. The zero-order valence-corrected chi connectivity index (χ0v) is 14.7. The van der Waals surface area contributed by atoms with Crippen LogP contribution in [-0.2, 0) is 14.8 Å². The number of rotatable bonds is 4. The highest BCUT2D eigenvalue weighted by molar-refractivity contribution is 7.89. The molecule has 0 bridgehead atoms. The molecular formula is C16H19FN2O6S. The first-order valence-corrected chi connectivity index (χ1v) is 9.69. The molecule has 2 aliphatic heterocycles. The van der Waals surface area contributed by atoms with E-state index in [9.17, 15) is 22.4 Å². The average Bonchev–Trinajstić information content (AvgIpc) is 3.12. The van der Waals surface area contributed by atoms with Crippen molar-refractivity contribution in [3.8, 4) is 0 Å². The molecule has 0 radical (unpaired) electrons. The zero-order valence-electron chi connectivity index (χ0n) is 13.9. The van der Waals surface area contributed by atoms with E-state index in [1.165, 1.54) is 15.3 Å². The Morgan fingerprint density at radius 2 is 1.88 bits per heavy atom. The van der Waals surface area contributed by atoms with E-state index in [4.69, 9.17) is 9.52 Å². The van der Waals surface area contributed by atoms with Crippen molar-refractivity contribution in [2.45, 2.75) is 24.4 Å². The van der Waals surface area contributed by atoms with Crippen molar-refractivity contribution in [2.75, 3.05) is 26.2 Å². The van der Waals surface area contributed by atoms with Crippen LogP contribution in [0, 0.1) is 5.92 Å². The van der Waals surface area contributed by atoms with Crippen LogP contribution in [0.1, 0.15) is 29.8 Å². The number of piperidine rings is 1. The third kappa shape index (κ3) is 3.65. The molecule has 2 aliphatic rings. The molecule has 1 fully saturated rings. The fourth-order valence-corrected chi connectivity index (χ4v) is 4.57. The number of carbonyl (C=O) groups is 2. The number of amides is 1. The van der Waals surface area contributed by atoms with Gasteiger partial charge in [0.2, 0.25) is 16.8 Å². The Morgan fingerprint density at radius 3 is 2.46 bits per heavy atom. The van der Waals surface area contributed by atoms with E-state index in [2.05, 4.69) is 0 Å². The van der Waals surface area contributed by atoms with Crippen LogP contribution in [-0.4, -0.2) is 60.8 Å². The highest BCUT2D eigenvalue weighted by atomic mass is 32.2. The average molecular weight is 386 g/mol. The summed E-state index contributed by atoms with van der Waals surface area (Å²) in [5, 5.41) is 8.41. The third-order valence-corrected chi connectivity index (χ3v) is 6.38. The van der Waals surface area contributed by atoms with Crippen molar-refractivity contribution in [3.05, 3.63) is 29.8 Å². The first kappa shape index (κ1) is 18.6. The smallest absolute Gasteiger partial charge is 0.371 e. The second-order valence-electron chi connectivity index (χ2n) is 6.30. The van der Waals surface area contributed by atoms with Gasteiger partial charge in [-0.15, -0.1) is 0 Å². The maximum atomic E-state index is 13.4. The monoisotopic (exact) mass is 386 g/mol. The third-order valence-electron chi connectivity index (χ3n) is 4.61. The van der Waals surface area contributed by atoms with Gasteiger partial charge >= 0.3 is 5.97 Å². The van der Waals surface area contributed by atoms with Crippen LogP contribution in [0.5, 0.6) is 0 Å². The van der Waals surface area contributed by atoms with Crippen molar-refractivity contribution in [1.82, 2.24) is 9.21 Å². The molecule has 1 aromatic heterocycles. The van der Waals surface area contributed by atoms with E-state index in [1.54, 1.807) is 0 Å².